The second-order valence-electron chi connectivity index (χ2n) is 6.20. The van der Waals surface area contributed by atoms with Gasteiger partial charge >= 0.3 is 0 Å². The van der Waals surface area contributed by atoms with Gasteiger partial charge in [0.05, 0.1) is 5.52 Å². The zero-order valence-electron chi connectivity index (χ0n) is 13.0. The summed E-state index contributed by atoms with van der Waals surface area (Å²) in [5.74, 6) is -0.462. The van der Waals surface area contributed by atoms with Crippen LogP contribution in [0.15, 0.2) is 42.5 Å². The van der Waals surface area contributed by atoms with Gasteiger partial charge in [-0.1, -0.05) is 0 Å². The number of likely N-dealkylation sites (N-methyl/N-ethyl adjacent to an activating group) is 1. The van der Waals surface area contributed by atoms with Gasteiger partial charge in [-0.15, -0.1) is 0 Å². The highest BCUT2D eigenvalue weighted by molar-refractivity contribution is 5.87. The van der Waals surface area contributed by atoms with Crippen molar-refractivity contribution in [3.8, 4) is 5.69 Å². The Labute approximate surface area is 133 Å². The first-order valence-corrected chi connectivity index (χ1v) is 7.89. The van der Waals surface area contributed by atoms with Gasteiger partial charge in [0.1, 0.15) is 11.6 Å². The molecular formula is C19H18F2N2. The Morgan fingerprint density at radius 3 is 2.35 bits per heavy atom. The van der Waals surface area contributed by atoms with Gasteiger partial charge in [-0.25, -0.2) is 8.78 Å². The van der Waals surface area contributed by atoms with Crippen LogP contribution in [0.25, 0.3) is 16.6 Å². The highest BCUT2D eigenvalue weighted by atomic mass is 19.1. The maximum absolute atomic E-state index is 13.8. The lowest BCUT2D eigenvalue weighted by molar-refractivity contribution is 0.351. The van der Waals surface area contributed by atoms with E-state index in [9.17, 15) is 8.78 Å². The molecule has 0 aliphatic carbocycles. The SMILES string of the molecule is CN1CCc2c(n(-c3ccc(F)cc3)c3ccc(F)cc23)CC1. The molecule has 1 aliphatic heterocycles. The van der Waals surface area contributed by atoms with Crippen molar-refractivity contribution in [3.63, 3.8) is 0 Å². The van der Waals surface area contributed by atoms with Gasteiger partial charge in [0.15, 0.2) is 0 Å². The molecule has 118 valence electrons. The summed E-state index contributed by atoms with van der Waals surface area (Å²) in [6.07, 6.45) is 1.81. The number of benzene rings is 2. The van der Waals surface area contributed by atoms with Gasteiger partial charge in [-0.2, -0.15) is 0 Å². The van der Waals surface area contributed by atoms with Crippen molar-refractivity contribution in [2.75, 3.05) is 20.1 Å². The van der Waals surface area contributed by atoms with E-state index in [2.05, 4.69) is 16.5 Å². The van der Waals surface area contributed by atoms with Crippen LogP contribution in [-0.2, 0) is 12.8 Å². The van der Waals surface area contributed by atoms with Crippen LogP contribution in [0.2, 0.25) is 0 Å². The van der Waals surface area contributed by atoms with E-state index in [4.69, 9.17) is 0 Å². The molecule has 0 amide bonds. The van der Waals surface area contributed by atoms with Crippen LogP contribution in [0.1, 0.15) is 11.3 Å². The van der Waals surface area contributed by atoms with Crippen molar-refractivity contribution in [1.29, 1.82) is 0 Å². The van der Waals surface area contributed by atoms with Gasteiger partial charge in [-0.05, 0) is 61.5 Å². The van der Waals surface area contributed by atoms with Crippen molar-refractivity contribution >= 4 is 10.9 Å². The van der Waals surface area contributed by atoms with E-state index in [1.165, 1.54) is 29.5 Å². The average Bonchev–Trinajstić information content (AvgIpc) is 2.71. The molecule has 0 saturated carbocycles. The Bertz CT molecular complexity index is 865. The third-order valence-electron chi connectivity index (χ3n) is 4.70. The summed E-state index contributed by atoms with van der Waals surface area (Å²) in [5, 5.41) is 0.972. The summed E-state index contributed by atoms with van der Waals surface area (Å²) in [7, 11) is 2.11. The molecular weight excluding hydrogens is 294 g/mol. The van der Waals surface area contributed by atoms with Crippen molar-refractivity contribution in [2.45, 2.75) is 12.8 Å². The first-order valence-electron chi connectivity index (χ1n) is 7.89. The number of fused-ring (bicyclic) bond motifs is 3. The Balaban J connectivity index is 2.00. The Morgan fingerprint density at radius 1 is 0.870 bits per heavy atom. The van der Waals surface area contributed by atoms with E-state index in [1.807, 2.05) is 6.07 Å². The summed E-state index contributed by atoms with van der Waals surface area (Å²) < 4.78 is 29.2. The molecule has 3 aromatic rings. The van der Waals surface area contributed by atoms with Crippen molar-refractivity contribution in [2.24, 2.45) is 0 Å². The van der Waals surface area contributed by atoms with Crippen molar-refractivity contribution < 1.29 is 8.78 Å². The van der Waals surface area contributed by atoms with Crippen molar-refractivity contribution in [3.05, 3.63) is 65.4 Å². The normalized spacial score (nSPS) is 15.6. The number of halogens is 2. The summed E-state index contributed by atoms with van der Waals surface area (Å²) in [6, 6.07) is 11.5. The fraction of sp³-hybridized carbons (Fsp3) is 0.263. The van der Waals surface area contributed by atoms with Crippen LogP contribution in [-0.4, -0.2) is 29.6 Å². The highest BCUT2D eigenvalue weighted by Crippen LogP contribution is 2.32. The van der Waals surface area contributed by atoms with E-state index >= 15 is 0 Å². The Hall–Kier alpha value is -2.20. The van der Waals surface area contributed by atoms with E-state index in [1.54, 1.807) is 18.2 Å². The zero-order valence-corrected chi connectivity index (χ0v) is 13.0. The van der Waals surface area contributed by atoms with Gasteiger partial charge in [0, 0.05) is 36.3 Å². The number of hydrogen-bond acceptors (Lipinski definition) is 1. The molecule has 2 heterocycles. The minimum absolute atomic E-state index is 0.214. The predicted octanol–water partition coefficient (Wildman–Crippen LogP) is 3.94. The number of aromatic nitrogens is 1. The number of rotatable bonds is 1. The van der Waals surface area contributed by atoms with E-state index < -0.39 is 0 Å². The molecule has 1 aliphatic rings. The standard InChI is InChI=1S/C19H18F2N2/c1-22-10-8-16-17-12-14(21)4-7-18(17)23(19(16)9-11-22)15-5-2-13(20)3-6-15/h2-7,12H,8-11H2,1H3. The lowest BCUT2D eigenvalue weighted by atomic mass is 10.1. The fourth-order valence-electron chi connectivity index (χ4n) is 3.52. The monoisotopic (exact) mass is 312 g/mol. The number of hydrogen-bond donors (Lipinski definition) is 0. The van der Waals surface area contributed by atoms with Crippen LogP contribution in [0.3, 0.4) is 0 Å². The maximum Gasteiger partial charge on any atom is 0.123 e. The highest BCUT2D eigenvalue weighted by Gasteiger charge is 2.21. The maximum atomic E-state index is 13.8. The van der Waals surface area contributed by atoms with Crippen LogP contribution in [0.4, 0.5) is 8.78 Å². The van der Waals surface area contributed by atoms with Crippen molar-refractivity contribution in [1.82, 2.24) is 9.47 Å². The molecule has 2 aromatic carbocycles. The van der Waals surface area contributed by atoms with E-state index in [0.29, 0.717) is 0 Å². The van der Waals surface area contributed by atoms with E-state index in [0.717, 1.165) is 42.5 Å². The lowest BCUT2D eigenvalue weighted by Crippen LogP contribution is -2.21. The van der Waals surface area contributed by atoms with Crippen LogP contribution < -0.4 is 0 Å². The smallest absolute Gasteiger partial charge is 0.123 e. The van der Waals surface area contributed by atoms with Gasteiger partial charge in [-0.3, -0.25) is 0 Å². The summed E-state index contributed by atoms with van der Waals surface area (Å²) in [4.78, 5) is 2.29. The molecule has 0 radical (unpaired) electrons. The Kier molecular flexibility index (Phi) is 3.42. The zero-order chi connectivity index (χ0) is 16.0. The minimum atomic E-state index is -0.248. The lowest BCUT2D eigenvalue weighted by Gasteiger charge is -2.14. The molecule has 0 atom stereocenters. The fourth-order valence-corrected chi connectivity index (χ4v) is 3.52. The average molecular weight is 312 g/mol. The second-order valence-corrected chi connectivity index (χ2v) is 6.20. The third-order valence-corrected chi connectivity index (χ3v) is 4.70. The molecule has 4 rings (SSSR count). The summed E-state index contributed by atoms with van der Waals surface area (Å²) in [6.45, 7) is 1.93. The predicted molar refractivity (Wildman–Crippen MR) is 88.1 cm³/mol. The molecule has 0 spiro atoms. The first kappa shape index (κ1) is 14.4. The molecule has 0 bridgehead atoms. The molecule has 4 heteroatoms. The first-order chi connectivity index (χ1) is 11.1. The van der Waals surface area contributed by atoms with Crippen LogP contribution >= 0.6 is 0 Å². The van der Waals surface area contributed by atoms with Gasteiger partial charge < -0.3 is 9.47 Å². The largest absolute Gasteiger partial charge is 0.313 e. The molecule has 0 N–H and O–H groups in total. The molecule has 0 fully saturated rings. The van der Waals surface area contributed by atoms with Crippen LogP contribution in [0.5, 0.6) is 0 Å². The summed E-state index contributed by atoms with van der Waals surface area (Å²) in [5.41, 5.74) is 4.34. The molecule has 0 saturated heterocycles. The topological polar surface area (TPSA) is 8.17 Å². The molecule has 1 aromatic heterocycles. The van der Waals surface area contributed by atoms with Gasteiger partial charge in [0.2, 0.25) is 0 Å². The molecule has 2 nitrogen and oxygen atoms in total. The minimum Gasteiger partial charge on any atom is -0.313 e. The second kappa shape index (κ2) is 5.46. The summed E-state index contributed by atoms with van der Waals surface area (Å²) >= 11 is 0. The van der Waals surface area contributed by atoms with E-state index in [-0.39, 0.29) is 11.6 Å². The quantitative estimate of drug-likeness (QED) is 0.661. The third kappa shape index (κ3) is 2.43. The number of nitrogens with zero attached hydrogens (tertiary/aromatic N) is 2. The molecule has 0 unspecified atom stereocenters. The Morgan fingerprint density at radius 2 is 1.57 bits per heavy atom. The van der Waals surface area contributed by atoms with Gasteiger partial charge in [0.25, 0.3) is 0 Å². The van der Waals surface area contributed by atoms with Crippen LogP contribution in [0, 0.1) is 11.6 Å². The molecule has 23 heavy (non-hydrogen) atoms.